The van der Waals surface area contributed by atoms with Crippen molar-refractivity contribution in [3.63, 3.8) is 0 Å². The molecule has 0 nitrogen and oxygen atoms in total. The molecule has 1 aliphatic carbocycles. The van der Waals surface area contributed by atoms with E-state index in [9.17, 15) is 0 Å². The topological polar surface area (TPSA) is 0 Å². The summed E-state index contributed by atoms with van der Waals surface area (Å²) < 4.78 is 1.22. The Labute approximate surface area is 94.5 Å². The maximum absolute atomic E-state index is 3.74. The minimum absolute atomic E-state index is 1.06. The molecule has 0 amide bonds. The SMILES string of the molecule is Cc1ccccc1C.[Fe][C]1=CC=CC1. The molecule has 1 aromatic rings. The van der Waals surface area contributed by atoms with Gasteiger partial charge in [0.1, 0.15) is 0 Å². The molecule has 0 heterocycles. The summed E-state index contributed by atoms with van der Waals surface area (Å²) in [6.07, 6.45) is 7.21. The van der Waals surface area contributed by atoms with Crippen LogP contribution in [0.3, 0.4) is 0 Å². The van der Waals surface area contributed by atoms with Gasteiger partial charge in [-0.2, -0.15) is 0 Å². The van der Waals surface area contributed by atoms with Crippen LogP contribution in [0.5, 0.6) is 0 Å². The van der Waals surface area contributed by atoms with Gasteiger partial charge in [0.25, 0.3) is 0 Å². The molecule has 0 aliphatic heterocycles. The molecule has 0 N–H and O–H groups in total. The normalized spacial score (nSPS) is 13.2. The van der Waals surface area contributed by atoms with Crippen molar-refractivity contribution in [3.05, 3.63) is 58.1 Å². The van der Waals surface area contributed by atoms with Gasteiger partial charge in [-0.25, -0.2) is 0 Å². The first-order valence-electron chi connectivity index (χ1n) is 4.72. The predicted octanol–water partition coefficient (Wildman–Crippen LogP) is 3.68. The van der Waals surface area contributed by atoms with Gasteiger partial charge in [-0.15, -0.1) is 0 Å². The molecule has 14 heavy (non-hydrogen) atoms. The first-order chi connectivity index (χ1) is 6.70. The molecule has 0 saturated heterocycles. The molecule has 75 valence electrons. The zero-order valence-electron chi connectivity index (χ0n) is 8.60. The second-order valence-corrected chi connectivity index (χ2v) is 4.02. The van der Waals surface area contributed by atoms with Crippen LogP contribution >= 0.6 is 0 Å². The van der Waals surface area contributed by atoms with Gasteiger partial charge in [0.2, 0.25) is 0 Å². The number of rotatable bonds is 0. The molecular weight excluding hydrogens is 212 g/mol. The van der Waals surface area contributed by atoms with Crippen LogP contribution in [0.4, 0.5) is 0 Å². The van der Waals surface area contributed by atoms with Crippen molar-refractivity contribution in [2.45, 2.75) is 20.3 Å². The van der Waals surface area contributed by atoms with E-state index in [1.165, 1.54) is 15.6 Å². The Morgan fingerprint density at radius 1 is 1.07 bits per heavy atom. The van der Waals surface area contributed by atoms with E-state index >= 15 is 0 Å². The fourth-order valence-corrected chi connectivity index (χ4v) is 1.31. The van der Waals surface area contributed by atoms with Crippen molar-refractivity contribution in [1.29, 1.82) is 0 Å². The van der Waals surface area contributed by atoms with E-state index in [1.807, 2.05) is 12.2 Å². The van der Waals surface area contributed by atoms with Crippen LogP contribution in [0.2, 0.25) is 0 Å². The van der Waals surface area contributed by atoms with Gasteiger partial charge in [0.05, 0.1) is 0 Å². The Hall–Kier alpha value is -0.781. The Bertz CT molecular complexity index is 327. The van der Waals surface area contributed by atoms with E-state index in [-0.39, 0.29) is 0 Å². The van der Waals surface area contributed by atoms with Crippen molar-refractivity contribution < 1.29 is 16.0 Å². The average molecular weight is 227 g/mol. The first-order valence-corrected chi connectivity index (χ1v) is 5.27. The van der Waals surface area contributed by atoms with E-state index in [0.29, 0.717) is 0 Å². The van der Waals surface area contributed by atoms with E-state index in [4.69, 9.17) is 0 Å². The Morgan fingerprint density at radius 3 is 1.86 bits per heavy atom. The van der Waals surface area contributed by atoms with Gasteiger partial charge >= 0.3 is 45.1 Å². The van der Waals surface area contributed by atoms with Crippen LogP contribution in [0.15, 0.2) is 47.0 Å². The molecule has 1 aromatic carbocycles. The molecule has 0 spiro atoms. The van der Waals surface area contributed by atoms with Gasteiger partial charge in [0.15, 0.2) is 0 Å². The predicted molar refractivity (Wildman–Crippen MR) is 57.8 cm³/mol. The molecule has 1 heteroatoms. The van der Waals surface area contributed by atoms with Crippen LogP contribution in [0.25, 0.3) is 0 Å². The Kier molecular flexibility index (Phi) is 4.72. The van der Waals surface area contributed by atoms with Gasteiger partial charge in [-0.3, -0.25) is 0 Å². The monoisotopic (exact) mass is 227 g/mol. The van der Waals surface area contributed by atoms with Crippen molar-refractivity contribution >= 4 is 0 Å². The number of aryl methyl sites for hydroxylation is 2. The molecule has 1 aliphatic rings. The number of benzene rings is 1. The minimum atomic E-state index is 1.06. The fraction of sp³-hybridized carbons (Fsp3) is 0.231. The van der Waals surface area contributed by atoms with E-state index in [0.717, 1.165) is 6.42 Å². The van der Waals surface area contributed by atoms with Crippen molar-refractivity contribution in [2.24, 2.45) is 0 Å². The Morgan fingerprint density at radius 2 is 1.64 bits per heavy atom. The van der Waals surface area contributed by atoms with Crippen LogP contribution in [-0.4, -0.2) is 0 Å². The molecule has 0 bridgehead atoms. The quantitative estimate of drug-likeness (QED) is 0.593. The van der Waals surface area contributed by atoms with Crippen molar-refractivity contribution in [3.8, 4) is 0 Å². The molecule has 0 fully saturated rings. The zero-order valence-corrected chi connectivity index (χ0v) is 9.71. The summed E-state index contributed by atoms with van der Waals surface area (Å²) in [5.41, 5.74) is 2.74. The third-order valence-electron chi connectivity index (χ3n) is 2.14. The summed E-state index contributed by atoms with van der Waals surface area (Å²) in [5.74, 6) is 0. The number of hydrogen-bond acceptors (Lipinski definition) is 0. The maximum atomic E-state index is 3.74. The summed E-state index contributed by atoms with van der Waals surface area (Å²) in [4.78, 5) is 0. The van der Waals surface area contributed by atoms with Crippen LogP contribution in [-0.2, 0) is 16.0 Å². The molecule has 0 atom stereocenters. The van der Waals surface area contributed by atoms with Crippen LogP contribution < -0.4 is 0 Å². The average Bonchev–Trinajstić information content (AvgIpc) is 2.63. The van der Waals surface area contributed by atoms with E-state index in [2.05, 4.69) is 60.2 Å². The van der Waals surface area contributed by atoms with E-state index in [1.54, 1.807) is 0 Å². The molecule has 0 saturated carbocycles. The number of hydrogen-bond donors (Lipinski definition) is 0. The third kappa shape index (κ3) is 3.95. The van der Waals surface area contributed by atoms with Gasteiger partial charge in [0, 0.05) is 0 Å². The summed E-state index contributed by atoms with van der Waals surface area (Å²) >= 11 is 3.74. The first kappa shape index (κ1) is 11.3. The van der Waals surface area contributed by atoms with Gasteiger partial charge in [-0.1, -0.05) is 24.3 Å². The summed E-state index contributed by atoms with van der Waals surface area (Å²) in [5, 5.41) is 0. The molecule has 0 aromatic heterocycles. The zero-order chi connectivity index (χ0) is 10.4. The Balaban J connectivity index is 0.000000146. The summed E-state index contributed by atoms with van der Waals surface area (Å²) in [6.45, 7) is 4.24. The molecule has 2 rings (SSSR count). The van der Waals surface area contributed by atoms with Crippen LogP contribution in [0, 0.1) is 13.8 Å². The fourth-order valence-electron chi connectivity index (χ4n) is 1.08. The second-order valence-electron chi connectivity index (χ2n) is 3.31. The van der Waals surface area contributed by atoms with Crippen LogP contribution in [0.1, 0.15) is 17.5 Å². The number of allylic oxidation sites excluding steroid dienone is 4. The molecular formula is C13H15Fe. The van der Waals surface area contributed by atoms with Gasteiger partial charge in [-0.05, 0) is 25.0 Å². The summed E-state index contributed by atoms with van der Waals surface area (Å²) in [7, 11) is 0. The van der Waals surface area contributed by atoms with Crippen molar-refractivity contribution in [1.82, 2.24) is 0 Å². The van der Waals surface area contributed by atoms with Crippen molar-refractivity contribution in [2.75, 3.05) is 0 Å². The molecule has 0 unspecified atom stereocenters. The van der Waals surface area contributed by atoms with E-state index < -0.39 is 0 Å². The van der Waals surface area contributed by atoms with Gasteiger partial charge < -0.3 is 0 Å². The molecule has 0 radical (unpaired) electrons. The second kappa shape index (κ2) is 5.85. The summed E-state index contributed by atoms with van der Waals surface area (Å²) in [6, 6.07) is 8.36. The third-order valence-corrected chi connectivity index (χ3v) is 2.55. The standard InChI is InChI=1S/C8H10.C5H5.Fe/c1-7-5-3-4-6-8(7)2;1-2-4-5-3-1;/h3-6H,1-2H3;1-3H,4H2;.